The van der Waals surface area contributed by atoms with Crippen molar-refractivity contribution in [3.63, 3.8) is 0 Å². The van der Waals surface area contributed by atoms with Gasteiger partial charge in [-0.1, -0.05) is 29.8 Å². The van der Waals surface area contributed by atoms with Crippen molar-refractivity contribution in [1.82, 2.24) is 10.6 Å². The maximum Gasteiger partial charge on any atom is 0.315 e. The number of amides is 2. The Hall–Kier alpha value is -1.94. The van der Waals surface area contributed by atoms with E-state index >= 15 is 0 Å². The van der Waals surface area contributed by atoms with Gasteiger partial charge in [-0.15, -0.1) is 0 Å². The first-order valence-corrected chi connectivity index (χ1v) is 7.90. The zero-order valence-electron chi connectivity index (χ0n) is 12.4. The van der Waals surface area contributed by atoms with Gasteiger partial charge >= 0.3 is 6.03 Å². The summed E-state index contributed by atoms with van der Waals surface area (Å²) in [5.74, 6) is 0.982. The highest BCUT2D eigenvalue weighted by Gasteiger charge is 2.24. The van der Waals surface area contributed by atoms with Crippen LogP contribution >= 0.6 is 11.6 Å². The van der Waals surface area contributed by atoms with Crippen LogP contribution in [-0.4, -0.2) is 6.03 Å². The third-order valence-corrected chi connectivity index (χ3v) is 4.42. The second kappa shape index (κ2) is 6.44. The molecule has 2 unspecified atom stereocenters. The number of aryl methyl sites for hydroxylation is 1. The van der Waals surface area contributed by atoms with Crippen molar-refractivity contribution in [2.45, 2.75) is 38.3 Å². The van der Waals surface area contributed by atoms with E-state index in [1.165, 1.54) is 0 Å². The summed E-state index contributed by atoms with van der Waals surface area (Å²) in [6.45, 7) is 1.92. The number of rotatable bonds is 3. The maximum atomic E-state index is 12.2. The van der Waals surface area contributed by atoms with Crippen LogP contribution in [0.4, 0.5) is 4.79 Å². The van der Waals surface area contributed by atoms with Gasteiger partial charge in [0.15, 0.2) is 0 Å². The number of hydrogen-bond acceptors (Lipinski definition) is 2. The number of carbonyl (C=O) groups excluding carboxylic acids is 1. The lowest BCUT2D eigenvalue weighted by atomic mass is 9.93. The molecule has 0 radical (unpaired) electrons. The van der Waals surface area contributed by atoms with Gasteiger partial charge in [0, 0.05) is 17.0 Å². The van der Waals surface area contributed by atoms with Gasteiger partial charge in [0.1, 0.15) is 5.76 Å². The quantitative estimate of drug-likeness (QED) is 0.882. The summed E-state index contributed by atoms with van der Waals surface area (Å²) in [5, 5.41) is 6.63. The van der Waals surface area contributed by atoms with Crippen LogP contribution in [0, 0.1) is 0 Å². The molecule has 0 bridgehead atoms. The Morgan fingerprint density at radius 2 is 2.18 bits per heavy atom. The van der Waals surface area contributed by atoms with Gasteiger partial charge in [-0.3, -0.25) is 0 Å². The summed E-state index contributed by atoms with van der Waals surface area (Å²) in [7, 11) is 0. The highest BCUT2D eigenvalue weighted by Crippen LogP contribution is 2.30. The molecule has 1 aliphatic rings. The van der Waals surface area contributed by atoms with Crippen LogP contribution in [0.3, 0.4) is 0 Å². The average molecular weight is 319 g/mol. The Labute approximate surface area is 134 Å². The summed E-state index contributed by atoms with van der Waals surface area (Å²) in [4.78, 5) is 12.2. The Kier molecular flexibility index (Phi) is 4.39. The smallest absolute Gasteiger partial charge is 0.315 e. The fourth-order valence-corrected chi connectivity index (χ4v) is 3.24. The summed E-state index contributed by atoms with van der Waals surface area (Å²) in [5.41, 5.74) is 2.00. The fourth-order valence-electron chi connectivity index (χ4n) is 2.94. The van der Waals surface area contributed by atoms with Gasteiger partial charge in [-0.05, 0) is 37.5 Å². The monoisotopic (exact) mass is 318 g/mol. The molecule has 22 heavy (non-hydrogen) atoms. The highest BCUT2D eigenvalue weighted by atomic mass is 35.5. The molecule has 0 saturated carbocycles. The van der Waals surface area contributed by atoms with Crippen LogP contribution in [0.1, 0.15) is 48.7 Å². The van der Waals surface area contributed by atoms with E-state index in [0.29, 0.717) is 5.02 Å². The molecule has 0 spiro atoms. The molecule has 5 heteroatoms. The second-order valence-electron chi connectivity index (χ2n) is 5.60. The summed E-state index contributed by atoms with van der Waals surface area (Å²) < 4.78 is 5.44. The molecular formula is C17H19ClN2O2. The third kappa shape index (κ3) is 3.12. The molecule has 2 amide bonds. The molecule has 1 aliphatic carbocycles. The molecule has 1 aromatic carbocycles. The van der Waals surface area contributed by atoms with Gasteiger partial charge in [-0.2, -0.15) is 0 Å². The minimum Gasteiger partial charge on any atom is -0.469 e. The largest absolute Gasteiger partial charge is 0.469 e. The SMILES string of the molecule is CC(NC(=O)NC1CCCc2occc21)c1ccccc1Cl. The van der Waals surface area contributed by atoms with E-state index in [4.69, 9.17) is 16.0 Å². The first-order chi connectivity index (χ1) is 10.6. The first-order valence-electron chi connectivity index (χ1n) is 7.53. The molecule has 2 N–H and O–H groups in total. The van der Waals surface area contributed by atoms with Crippen molar-refractivity contribution in [2.75, 3.05) is 0 Å². The molecule has 0 saturated heterocycles. The standard InChI is InChI=1S/C17H19ClN2O2/c1-11(12-5-2-3-6-14(12)18)19-17(21)20-15-7-4-8-16-13(15)9-10-22-16/h2-3,5-6,9-11,15H,4,7-8H2,1H3,(H2,19,20,21). The summed E-state index contributed by atoms with van der Waals surface area (Å²) in [6.07, 6.45) is 4.58. The highest BCUT2D eigenvalue weighted by molar-refractivity contribution is 6.31. The van der Waals surface area contributed by atoms with Crippen LogP contribution < -0.4 is 10.6 Å². The van der Waals surface area contributed by atoms with Crippen molar-refractivity contribution in [2.24, 2.45) is 0 Å². The normalized spacial score (nSPS) is 18.4. The number of fused-ring (bicyclic) bond motifs is 1. The van der Waals surface area contributed by atoms with Crippen LogP contribution in [0.15, 0.2) is 41.0 Å². The number of hydrogen-bond donors (Lipinski definition) is 2. The van der Waals surface area contributed by atoms with Crippen molar-refractivity contribution < 1.29 is 9.21 Å². The minimum absolute atomic E-state index is 0.0148. The lowest BCUT2D eigenvalue weighted by molar-refractivity contribution is 0.232. The predicted molar refractivity (Wildman–Crippen MR) is 85.9 cm³/mol. The van der Waals surface area contributed by atoms with E-state index in [9.17, 15) is 4.79 Å². The van der Waals surface area contributed by atoms with Crippen LogP contribution in [-0.2, 0) is 6.42 Å². The molecule has 0 aliphatic heterocycles. The maximum absolute atomic E-state index is 12.2. The number of furan rings is 1. The molecule has 1 heterocycles. The minimum atomic E-state index is -0.188. The van der Waals surface area contributed by atoms with Crippen molar-refractivity contribution >= 4 is 17.6 Å². The lowest BCUT2D eigenvalue weighted by Crippen LogP contribution is -2.40. The number of halogens is 1. The van der Waals surface area contributed by atoms with Gasteiger partial charge in [0.2, 0.25) is 0 Å². The van der Waals surface area contributed by atoms with Gasteiger partial charge in [-0.25, -0.2) is 4.79 Å². The molecule has 0 fully saturated rings. The van der Waals surface area contributed by atoms with Crippen molar-refractivity contribution in [3.05, 3.63) is 58.5 Å². The van der Waals surface area contributed by atoms with Crippen LogP contribution in [0.2, 0.25) is 5.02 Å². The summed E-state index contributed by atoms with van der Waals surface area (Å²) in [6, 6.07) is 9.15. The van der Waals surface area contributed by atoms with Gasteiger partial charge < -0.3 is 15.1 Å². The molecule has 4 nitrogen and oxygen atoms in total. The number of urea groups is 1. The van der Waals surface area contributed by atoms with E-state index < -0.39 is 0 Å². The predicted octanol–water partition coefficient (Wildman–Crippen LogP) is 4.37. The molecule has 116 valence electrons. The van der Waals surface area contributed by atoms with Gasteiger partial charge in [0.05, 0.1) is 18.3 Å². The van der Waals surface area contributed by atoms with E-state index in [1.807, 2.05) is 37.3 Å². The molecule has 2 atom stereocenters. The zero-order chi connectivity index (χ0) is 15.5. The Bertz CT molecular complexity index is 668. The molecular weight excluding hydrogens is 300 g/mol. The Balaban J connectivity index is 1.63. The first kappa shape index (κ1) is 15.0. The average Bonchev–Trinajstić information content (AvgIpc) is 2.97. The van der Waals surface area contributed by atoms with E-state index in [2.05, 4.69) is 10.6 Å². The van der Waals surface area contributed by atoms with Crippen LogP contribution in [0.25, 0.3) is 0 Å². The molecule has 1 aromatic heterocycles. The zero-order valence-corrected chi connectivity index (χ0v) is 13.2. The van der Waals surface area contributed by atoms with Crippen molar-refractivity contribution in [1.29, 1.82) is 0 Å². The summed E-state index contributed by atoms with van der Waals surface area (Å²) >= 11 is 6.16. The van der Waals surface area contributed by atoms with E-state index in [-0.39, 0.29) is 18.1 Å². The molecule has 2 aromatic rings. The second-order valence-corrected chi connectivity index (χ2v) is 6.01. The van der Waals surface area contributed by atoms with Gasteiger partial charge in [0.25, 0.3) is 0 Å². The molecule has 3 rings (SSSR count). The fraction of sp³-hybridized carbons (Fsp3) is 0.353. The van der Waals surface area contributed by atoms with E-state index in [1.54, 1.807) is 6.26 Å². The number of carbonyl (C=O) groups is 1. The number of benzene rings is 1. The Morgan fingerprint density at radius 3 is 3.00 bits per heavy atom. The third-order valence-electron chi connectivity index (χ3n) is 4.08. The number of nitrogens with one attached hydrogen (secondary N) is 2. The lowest BCUT2D eigenvalue weighted by Gasteiger charge is -2.24. The van der Waals surface area contributed by atoms with Crippen LogP contribution in [0.5, 0.6) is 0 Å². The van der Waals surface area contributed by atoms with E-state index in [0.717, 1.165) is 36.1 Å². The van der Waals surface area contributed by atoms with Crippen molar-refractivity contribution in [3.8, 4) is 0 Å². The Morgan fingerprint density at radius 1 is 1.36 bits per heavy atom. The topological polar surface area (TPSA) is 54.3 Å².